The lowest BCUT2D eigenvalue weighted by Gasteiger charge is -2.16. The average molecular weight is 653 g/mol. The number of pyridine rings is 1. The van der Waals surface area contributed by atoms with Crippen LogP contribution in [0, 0.1) is 0 Å². The maximum atomic E-state index is 12.8. The lowest BCUT2D eigenvalue weighted by atomic mass is 10.1. The van der Waals surface area contributed by atoms with Crippen LogP contribution >= 0.6 is 0 Å². The van der Waals surface area contributed by atoms with Crippen LogP contribution in [0.15, 0.2) is 72.9 Å². The van der Waals surface area contributed by atoms with Gasteiger partial charge in [-0.1, -0.05) is 0 Å². The number of hydrogen-bond acceptors (Lipinski definition) is 8. The van der Waals surface area contributed by atoms with Crippen molar-refractivity contribution < 1.29 is 41.7 Å². The molecule has 0 unspecified atom stereocenters. The summed E-state index contributed by atoms with van der Waals surface area (Å²) in [5.41, 5.74) is 6.48. The zero-order valence-electron chi connectivity index (χ0n) is 25.6. The number of anilines is 2. The number of aromatic nitrogens is 1. The van der Waals surface area contributed by atoms with Gasteiger partial charge in [0.1, 0.15) is 23.6 Å². The normalized spacial score (nSPS) is 14.0. The average Bonchev–Trinajstić information content (AvgIpc) is 3.56. The number of esters is 1. The second-order valence-corrected chi connectivity index (χ2v) is 11.1. The monoisotopic (exact) mass is 652 g/mol. The van der Waals surface area contributed by atoms with Gasteiger partial charge < -0.3 is 35.3 Å². The van der Waals surface area contributed by atoms with Crippen molar-refractivity contribution in [3.8, 4) is 23.0 Å². The van der Waals surface area contributed by atoms with Gasteiger partial charge in [-0.3, -0.25) is 9.78 Å². The predicted octanol–water partition coefficient (Wildman–Crippen LogP) is 7.67. The molecular formula is C34H35F3N4O6. The minimum atomic E-state index is -4.46. The second kappa shape index (κ2) is 15.0. The molecule has 1 aromatic heterocycles. The molecule has 1 saturated carbocycles. The number of alkyl halides is 3. The lowest BCUT2D eigenvalue weighted by Crippen LogP contribution is -2.34. The SMILES string of the molecule is COc1cc2c(Oc3ccc(NC(=O)Nc4ccc(C(F)(F)F)cc4)cc3)ccnc2cc1OCCC[C@H](N)C(=O)OC1CCCC1. The van der Waals surface area contributed by atoms with Crippen LogP contribution in [-0.2, 0) is 15.7 Å². The van der Waals surface area contributed by atoms with E-state index in [1.165, 1.54) is 19.2 Å². The highest BCUT2D eigenvalue weighted by atomic mass is 19.4. The molecule has 1 aliphatic rings. The number of rotatable bonds is 12. The Kier molecular flexibility index (Phi) is 10.7. The molecule has 3 aromatic carbocycles. The minimum Gasteiger partial charge on any atom is -0.493 e. The Hall–Kier alpha value is -5.04. The molecule has 0 saturated heterocycles. The summed E-state index contributed by atoms with van der Waals surface area (Å²) < 4.78 is 61.4. The van der Waals surface area contributed by atoms with Gasteiger partial charge in [0, 0.05) is 29.0 Å². The number of benzene rings is 3. The van der Waals surface area contributed by atoms with Crippen LogP contribution in [0.1, 0.15) is 44.1 Å². The van der Waals surface area contributed by atoms with E-state index >= 15 is 0 Å². The Balaban J connectivity index is 1.15. The van der Waals surface area contributed by atoms with Crippen LogP contribution in [0.2, 0.25) is 0 Å². The first-order chi connectivity index (χ1) is 22.6. The van der Waals surface area contributed by atoms with E-state index in [1.54, 1.807) is 48.7 Å². The zero-order valence-corrected chi connectivity index (χ0v) is 25.6. The number of nitrogens with one attached hydrogen (secondary N) is 2. The Morgan fingerprint density at radius 2 is 1.60 bits per heavy atom. The highest BCUT2D eigenvalue weighted by Crippen LogP contribution is 2.37. The predicted molar refractivity (Wildman–Crippen MR) is 170 cm³/mol. The molecule has 1 atom stereocenters. The van der Waals surface area contributed by atoms with E-state index < -0.39 is 23.8 Å². The topological polar surface area (TPSA) is 134 Å². The van der Waals surface area contributed by atoms with E-state index in [0.717, 1.165) is 37.8 Å². The number of urea groups is 1. The van der Waals surface area contributed by atoms with Crippen molar-refractivity contribution in [1.29, 1.82) is 0 Å². The maximum absolute atomic E-state index is 12.8. The molecule has 0 radical (unpaired) electrons. The van der Waals surface area contributed by atoms with E-state index in [4.69, 9.17) is 24.7 Å². The van der Waals surface area contributed by atoms with Crippen molar-refractivity contribution in [2.75, 3.05) is 24.4 Å². The standard InChI is InChI=1S/C34H35F3N4O6/c1-44-30-19-26-28(20-31(30)45-18-4-7-27(38)32(42)47-24-5-2-3-6-24)39-17-16-29(26)46-25-14-12-23(13-15-25)41-33(43)40-22-10-8-21(9-11-22)34(35,36)37/h8-17,19-20,24,27H,2-7,18,38H2,1H3,(H2,40,41,43)/t27-/m0/s1. The summed E-state index contributed by atoms with van der Waals surface area (Å²) in [6.45, 7) is 0.311. The minimum absolute atomic E-state index is 0.0196. The van der Waals surface area contributed by atoms with Crippen LogP contribution < -0.4 is 30.6 Å². The van der Waals surface area contributed by atoms with Gasteiger partial charge in [-0.15, -0.1) is 0 Å². The van der Waals surface area contributed by atoms with Gasteiger partial charge in [-0.05, 0) is 99.2 Å². The first-order valence-corrected chi connectivity index (χ1v) is 15.2. The maximum Gasteiger partial charge on any atom is 0.416 e. The highest BCUT2D eigenvalue weighted by Gasteiger charge is 2.30. The lowest BCUT2D eigenvalue weighted by molar-refractivity contribution is -0.150. The molecule has 0 spiro atoms. The third-order valence-electron chi connectivity index (χ3n) is 7.60. The van der Waals surface area contributed by atoms with E-state index in [0.29, 0.717) is 59.0 Å². The Morgan fingerprint density at radius 1 is 0.936 bits per heavy atom. The number of amides is 2. The summed E-state index contributed by atoms with van der Waals surface area (Å²) in [5, 5.41) is 5.79. The molecule has 4 N–H and O–H groups in total. The van der Waals surface area contributed by atoms with E-state index in [9.17, 15) is 22.8 Å². The van der Waals surface area contributed by atoms with E-state index in [-0.39, 0.29) is 17.8 Å². The van der Waals surface area contributed by atoms with Gasteiger partial charge in [0.25, 0.3) is 0 Å². The van der Waals surface area contributed by atoms with Crippen molar-refractivity contribution in [3.05, 3.63) is 78.5 Å². The summed E-state index contributed by atoms with van der Waals surface area (Å²) in [6, 6.07) is 14.6. The number of nitrogens with two attached hydrogens (primary N) is 1. The fraction of sp³-hybridized carbons (Fsp3) is 0.324. The van der Waals surface area contributed by atoms with Crippen LogP contribution in [0.5, 0.6) is 23.0 Å². The van der Waals surface area contributed by atoms with Gasteiger partial charge in [0.05, 0.1) is 24.8 Å². The molecule has 248 valence electrons. The number of hydrogen-bond donors (Lipinski definition) is 3. The Bertz CT molecular complexity index is 1680. The van der Waals surface area contributed by atoms with Gasteiger partial charge >= 0.3 is 18.2 Å². The van der Waals surface area contributed by atoms with Crippen LogP contribution in [0.3, 0.4) is 0 Å². The van der Waals surface area contributed by atoms with Crippen LogP contribution in [0.4, 0.5) is 29.3 Å². The molecule has 13 heteroatoms. The molecule has 0 bridgehead atoms. The Labute approximate surface area is 269 Å². The largest absolute Gasteiger partial charge is 0.493 e. The van der Waals surface area contributed by atoms with Crippen molar-refractivity contribution in [3.63, 3.8) is 0 Å². The second-order valence-electron chi connectivity index (χ2n) is 11.1. The van der Waals surface area contributed by atoms with E-state index in [1.807, 2.05) is 0 Å². The van der Waals surface area contributed by atoms with Crippen LogP contribution in [-0.4, -0.2) is 42.8 Å². The number of carbonyl (C=O) groups is 2. The molecule has 1 fully saturated rings. The van der Waals surface area contributed by atoms with E-state index in [2.05, 4.69) is 15.6 Å². The first-order valence-electron chi connectivity index (χ1n) is 15.2. The third kappa shape index (κ3) is 9.03. The highest BCUT2D eigenvalue weighted by molar-refractivity contribution is 5.99. The summed E-state index contributed by atoms with van der Waals surface area (Å²) in [5.74, 6) is 1.57. The fourth-order valence-electron chi connectivity index (χ4n) is 5.12. The van der Waals surface area contributed by atoms with Gasteiger partial charge in [0.2, 0.25) is 0 Å². The van der Waals surface area contributed by atoms with Crippen molar-refractivity contribution >= 4 is 34.3 Å². The van der Waals surface area contributed by atoms with Crippen LogP contribution in [0.25, 0.3) is 10.9 Å². The first kappa shape index (κ1) is 33.3. The van der Waals surface area contributed by atoms with Gasteiger partial charge in [-0.2, -0.15) is 13.2 Å². The summed E-state index contributed by atoms with van der Waals surface area (Å²) in [7, 11) is 1.53. The number of nitrogens with zero attached hydrogens (tertiary/aromatic N) is 1. The molecule has 1 heterocycles. The number of fused-ring (bicyclic) bond motifs is 1. The van der Waals surface area contributed by atoms with Crippen molar-refractivity contribution in [2.45, 2.75) is 56.8 Å². The smallest absolute Gasteiger partial charge is 0.416 e. The third-order valence-corrected chi connectivity index (χ3v) is 7.60. The summed E-state index contributed by atoms with van der Waals surface area (Å²) in [6.07, 6.45) is 2.03. The fourth-order valence-corrected chi connectivity index (χ4v) is 5.12. The number of carbonyl (C=O) groups excluding carboxylic acids is 2. The number of methoxy groups -OCH3 is 1. The quantitative estimate of drug-likeness (QED) is 0.105. The molecule has 5 rings (SSSR count). The summed E-state index contributed by atoms with van der Waals surface area (Å²) >= 11 is 0. The molecule has 10 nitrogen and oxygen atoms in total. The Morgan fingerprint density at radius 3 is 2.23 bits per heavy atom. The van der Waals surface area contributed by atoms with Crippen molar-refractivity contribution in [2.24, 2.45) is 5.73 Å². The molecule has 4 aromatic rings. The van der Waals surface area contributed by atoms with Gasteiger partial charge in [0.15, 0.2) is 11.5 Å². The molecule has 0 aliphatic heterocycles. The molecule has 1 aliphatic carbocycles. The van der Waals surface area contributed by atoms with Gasteiger partial charge in [-0.25, -0.2) is 4.79 Å². The summed E-state index contributed by atoms with van der Waals surface area (Å²) in [4.78, 5) is 29.0. The molecule has 2 amide bonds. The number of halogens is 3. The zero-order chi connectivity index (χ0) is 33.4. The van der Waals surface area contributed by atoms with Crippen molar-refractivity contribution in [1.82, 2.24) is 4.98 Å². The molecule has 47 heavy (non-hydrogen) atoms. The number of ether oxygens (including phenoxy) is 4. The molecular weight excluding hydrogens is 617 g/mol.